The molecule has 1 unspecified atom stereocenters. The van der Waals surface area contributed by atoms with Gasteiger partial charge in [-0.05, 0) is 0 Å². The monoisotopic (exact) mass is 313 g/mol. The van der Waals surface area contributed by atoms with Crippen molar-refractivity contribution in [2.24, 2.45) is 17.8 Å². The number of hydrogen-bond donors (Lipinski definition) is 2. The first-order valence-electron chi connectivity index (χ1n) is 7.44. The Bertz CT molecular complexity index is 733. The number of benzene rings is 1. The largest absolute Gasteiger partial charge is 0.381 e. The van der Waals surface area contributed by atoms with Crippen molar-refractivity contribution in [2.75, 3.05) is 13.2 Å². The number of hydrazine groups is 1. The molecular weight excluding hydrogens is 298 g/mol. The Hall–Kier alpha value is -2.67. The Morgan fingerprint density at radius 3 is 2.57 bits per heavy atom. The van der Waals surface area contributed by atoms with E-state index >= 15 is 0 Å². The maximum absolute atomic E-state index is 12.0. The molecule has 1 aromatic heterocycles. The molecule has 1 aliphatic heterocycles. The molecular formula is C16H15N3O4. The summed E-state index contributed by atoms with van der Waals surface area (Å²) in [5, 5.41) is 3.73. The van der Waals surface area contributed by atoms with Crippen molar-refractivity contribution < 1.29 is 18.8 Å². The van der Waals surface area contributed by atoms with Crippen molar-refractivity contribution in [1.29, 1.82) is 0 Å². The van der Waals surface area contributed by atoms with E-state index in [1.807, 2.05) is 30.3 Å². The topological polar surface area (TPSA) is 93.5 Å². The van der Waals surface area contributed by atoms with Crippen LogP contribution in [0.25, 0.3) is 11.3 Å². The number of nitrogens with zero attached hydrogens (tertiary/aromatic N) is 1. The minimum atomic E-state index is -0.508. The summed E-state index contributed by atoms with van der Waals surface area (Å²) >= 11 is 0. The zero-order valence-electron chi connectivity index (χ0n) is 12.2. The third kappa shape index (κ3) is 2.59. The lowest BCUT2D eigenvalue weighted by molar-refractivity contribution is -0.124. The normalized spacial score (nSPS) is 24.8. The summed E-state index contributed by atoms with van der Waals surface area (Å²) in [5.41, 5.74) is 5.76. The maximum Gasteiger partial charge on any atom is 0.291 e. The average molecular weight is 313 g/mol. The summed E-state index contributed by atoms with van der Waals surface area (Å²) in [6.07, 6.45) is 0. The number of rotatable bonds is 3. The van der Waals surface area contributed by atoms with E-state index in [0.717, 1.165) is 5.56 Å². The molecule has 1 aliphatic carbocycles. The van der Waals surface area contributed by atoms with Gasteiger partial charge in [0.25, 0.3) is 5.91 Å². The molecule has 2 amide bonds. The van der Waals surface area contributed by atoms with Crippen molar-refractivity contribution in [3.05, 3.63) is 42.1 Å². The number of carbonyl (C=O) groups is 2. The molecule has 2 N–H and O–H groups in total. The minimum Gasteiger partial charge on any atom is -0.381 e. The van der Waals surface area contributed by atoms with E-state index in [0.29, 0.717) is 30.8 Å². The molecule has 7 nitrogen and oxygen atoms in total. The van der Waals surface area contributed by atoms with Crippen molar-refractivity contribution in [1.82, 2.24) is 16.0 Å². The number of carbonyl (C=O) groups excluding carboxylic acids is 2. The Morgan fingerprint density at radius 1 is 1.09 bits per heavy atom. The van der Waals surface area contributed by atoms with Gasteiger partial charge in [0.2, 0.25) is 5.91 Å². The highest BCUT2D eigenvalue weighted by Gasteiger charge is 2.58. The van der Waals surface area contributed by atoms with Crippen LogP contribution >= 0.6 is 0 Å². The van der Waals surface area contributed by atoms with E-state index in [-0.39, 0.29) is 17.5 Å². The standard InChI is InChI=1S/C16H15N3O4/c20-15(17-18-16(21)14-10-7-22-8-11(10)14)12-6-13(23-19-12)9-4-2-1-3-5-9/h1-6,10-11,14H,7-8H2,(H,17,20)(H,18,21)/t10-,11+,14?. The number of ether oxygens (including phenoxy) is 1. The van der Waals surface area contributed by atoms with Crippen LogP contribution in [-0.4, -0.2) is 30.2 Å². The lowest BCUT2D eigenvalue weighted by atomic mass is 10.1. The SMILES string of the molecule is O=C(NNC(=O)C1[C@H]2COC[C@@H]12)c1cc(-c2ccccc2)on1. The lowest BCUT2D eigenvalue weighted by Crippen LogP contribution is -2.43. The quantitative estimate of drug-likeness (QED) is 0.824. The Morgan fingerprint density at radius 2 is 1.83 bits per heavy atom. The van der Waals surface area contributed by atoms with Crippen LogP contribution < -0.4 is 10.9 Å². The van der Waals surface area contributed by atoms with Gasteiger partial charge in [0, 0.05) is 23.5 Å². The van der Waals surface area contributed by atoms with Gasteiger partial charge in [-0.1, -0.05) is 35.5 Å². The molecule has 7 heteroatoms. The van der Waals surface area contributed by atoms with Crippen molar-refractivity contribution in [2.45, 2.75) is 0 Å². The van der Waals surface area contributed by atoms with Crippen LogP contribution in [-0.2, 0) is 9.53 Å². The predicted molar refractivity (Wildman–Crippen MR) is 78.8 cm³/mol. The van der Waals surface area contributed by atoms with Gasteiger partial charge < -0.3 is 9.26 Å². The van der Waals surface area contributed by atoms with Gasteiger partial charge in [-0.2, -0.15) is 0 Å². The van der Waals surface area contributed by atoms with Gasteiger partial charge in [-0.25, -0.2) is 0 Å². The fourth-order valence-corrected chi connectivity index (χ4v) is 3.02. The van der Waals surface area contributed by atoms with E-state index in [1.165, 1.54) is 6.07 Å². The second-order valence-electron chi connectivity index (χ2n) is 5.78. The lowest BCUT2D eigenvalue weighted by Gasteiger charge is -2.07. The predicted octanol–water partition coefficient (Wildman–Crippen LogP) is 0.995. The second-order valence-corrected chi connectivity index (χ2v) is 5.78. The van der Waals surface area contributed by atoms with Crippen LogP contribution in [0.5, 0.6) is 0 Å². The minimum absolute atomic E-state index is 0.0544. The molecule has 2 aliphatic rings. The Kier molecular flexibility index (Phi) is 3.34. The summed E-state index contributed by atoms with van der Waals surface area (Å²) in [4.78, 5) is 24.0. The van der Waals surface area contributed by atoms with Gasteiger partial charge in [0.05, 0.1) is 19.1 Å². The van der Waals surface area contributed by atoms with Gasteiger partial charge in [-0.15, -0.1) is 0 Å². The van der Waals surface area contributed by atoms with Gasteiger partial charge >= 0.3 is 0 Å². The molecule has 1 saturated carbocycles. The molecule has 0 radical (unpaired) electrons. The van der Waals surface area contributed by atoms with E-state index in [1.54, 1.807) is 0 Å². The second kappa shape index (κ2) is 5.51. The highest BCUT2D eigenvalue weighted by atomic mass is 16.5. The summed E-state index contributed by atoms with van der Waals surface area (Å²) in [6.45, 7) is 1.25. The van der Waals surface area contributed by atoms with Crippen LogP contribution in [0.3, 0.4) is 0 Å². The van der Waals surface area contributed by atoms with Crippen LogP contribution in [0.4, 0.5) is 0 Å². The number of amides is 2. The summed E-state index contributed by atoms with van der Waals surface area (Å²) in [6, 6.07) is 10.9. The molecule has 2 fully saturated rings. The molecule has 2 heterocycles. The average Bonchev–Trinajstić information content (AvgIpc) is 2.99. The van der Waals surface area contributed by atoms with Crippen LogP contribution in [0.1, 0.15) is 10.5 Å². The third-order valence-electron chi connectivity index (χ3n) is 4.36. The van der Waals surface area contributed by atoms with Crippen LogP contribution in [0.2, 0.25) is 0 Å². The zero-order chi connectivity index (χ0) is 15.8. The highest BCUT2D eigenvalue weighted by Crippen LogP contribution is 2.50. The Balaban J connectivity index is 1.35. The third-order valence-corrected chi connectivity index (χ3v) is 4.36. The molecule has 1 aromatic carbocycles. The first kappa shape index (κ1) is 14.0. The maximum atomic E-state index is 12.0. The van der Waals surface area contributed by atoms with Crippen LogP contribution in [0.15, 0.2) is 40.9 Å². The van der Waals surface area contributed by atoms with Gasteiger partial charge in [-0.3, -0.25) is 20.4 Å². The number of hydrogen-bond acceptors (Lipinski definition) is 5. The van der Waals surface area contributed by atoms with E-state index < -0.39 is 5.91 Å². The van der Waals surface area contributed by atoms with Crippen molar-refractivity contribution >= 4 is 11.8 Å². The fourth-order valence-electron chi connectivity index (χ4n) is 3.02. The van der Waals surface area contributed by atoms with E-state index in [9.17, 15) is 9.59 Å². The molecule has 23 heavy (non-hydrogen) atoms. The summed E-state index contributed by atoms with van der Waals surface area (Å²) < 4.78 is 10.4. The first-order chi connectivity index (χ1) is 11.2. The van der Waals surface area contributed by atoms with Gasteiger partial charge in [0.15, 0.2) is 11.5 Å². The van der Waals surface area contributed by atoms with E-state index in [2.05, 4.69) is 16.0 Å². The van der Waals surface area contributed by atoms with Crippen molar-refractivity contribution in [3.8, 4) is 11.3 Å². The summed E-state index contributed by atoms with van der Waals surface area (Å²) in [7, 11) is 0. The molecule has 4 rings (SSSR count). The summed E-state index contributed by atoms with van der Waals surface area (Å²) in [5.74, 6) is 0.347. The molecule has 0 bridgehead atoms. The molecule has 3 atom stereocenters. The molecule has 0 spiro atoms. The zero-order valence-corrected chi connectivity index (χ0v) is 12.2. The van der Waals surface area contributed by atoms with Crippen molar-refractivity contribution in [3.63, 3.8) is 0 Å². The number of aromatic nitrogens is 1. The van der Waals surface area contributed by atoms with Gasteiger partial charge in [0.1, 0.15) is 0 Å². The number of nitrogens with one attached hydrogen (secondary N) is 2. The van der Waals surface area contributed by atoms with Crippen LogP contribution in [0, 0.1) is 17.8 Å². The fraction of sp³-hybridized carbons (Fsp3) is 0.312. The smallest absolute Gasteiger partial charge is 0.291 e. The Labute approximate surface area is 132 Å². The highest BCUT2D eigenvalue weighted by molar-refractivity contribution is 5.95. The first-order valence-corrected chi connectivity index (χ1v) is 7.44. The molecule has 118 valence electrons. The molecule has 1 saturated heterocycles. The molecule has 2 aromatic rings. The number of fused-ring (bicyclic) bond motifs is 1. The van der Waals surface area contributed by atoms with E-state index in [4.69, 9.17) is 9.26 Å².